The summed E-state index contributed by atoms with van der Waals surface area (Å²) >= 11 is 3.04. The second-order valence-electron chi connectivity index (χ2n) is 4.30. The van der Waals surface area contributed by atoms with Crippen molar-refractivity contribution >= 4 is 38.6 Å². The van der Waals surface area contributed by atoms with Crippen molar-refractivity contribution in [3.63, 3.8) is 0 Å². The normalized spacial score (nSPS) is 19.7. The fourth-order valence-corrected chi connectivity index (χ4v) is 6.59. The molecular weight excluding hydrogens is 318 g/mol. The first kappa shape index (κ1) is 13.6. The van der Waals surface area contributed by atoms with E-state index in [9.17, 15) is 18.5 Å². The predicted molar refractivity (Wildman–Crippen MR) is 78.1 cm³/mol. The molecule has 0 N–H and O–H groups in total. The van der Waals surface area contributed by atoms with Crippen LogP contribution in [0.4, 0.5) is 5.69 Å². The van der Waals surface area contributed by atoms with E-state index in [0.717, 1.165) is 4.21 Å². The molecule has 1 aliphatic heterocycles. The molecule has 0 amide bonds. The molecule has 1 atom stereocenters. The first-order valence-corrected chi connectivity index (χ1v) is 9.10. The van der Waals surface area contributed by atoms with Crippen LogP contribution in [-0.4, -0.2) is 19.1 Å². The number of fused-ring (bicyclic) bond motifs is 1. The number of hydrogen-bond donors (Lipinski definition) is 0. The number of nitro benzene ring substituents is 1. The van der Waals surface area contributed by atoms with Crippen molar-refractivity contribution in [1.82, 2.24) is 0 Å². The summed E-state index contributed by atoms with van der Waals surface area (Å²) in [7, 11) is -3.43. The Hall–Kier alpha value is -1.38. The summed E-state index contributed by atoms with van der Waals surface area (Å²) < 4.78 is 25.3. The van der Waals surface area contributed by atoms with E-state index < -0.39 is 14.8 Å². The monoisotopic (exact) mass is 327 g/mol. The highest BCUT2D eigenvalue weighted by Crippen LogP contribution is 2.46. The Bertz CT molecular complexity index is 768. The number of rotatable bonds is 3. The van der Waals surface area contributed by atoms with E-state index in [2.05, 4.69) is 0 Å². The quantitative estimate of drug-likeness (QED) is 0.638. The van der Waals surface area contributed by atoms with Crippen LogP contribution in [0.25, 0.3) is 0 Å². The summed E-state index contributed by atoms with van der Waals surface area (Å²) in [5.74, 6) is -0.00787. The number of sulfone groups is 1. The van der Waals surface area contributed by atoms with Crippen molar-refractivity contribution in [2.24, 2.45) is 0 Å². The summed E-state index contributed by atoms with van der Waals surface area (Å²) in [6.07, 6.45) is 0. The Balaban J connectivity index is 2.03. The zero-order chi connectivity index (χ0) is 14.3. The van der Waals surface area contributed by atoms with E-state index in [0.29, 0.717) is 5.56 Å². The van der Waals surface area contributed by atoms with Gasteiger partial charge in [0.15, 0.2) is 9.84 Å². The summed E-state index contributed by atoms with van der Waals surface area (Å²) in [5, 5.41) is 12.5. The molecule has 2 aromatic rings. The Kier molecular flexibility index (Phi) is 3.31. The fourth-order valence-electron chi connectivity index (χ4n) is 2.12. The molecule has 1 aliphatic rings. The molecule has 20 heavy (non-hydrogen) atoms. The maximum absolute atomic E-state index is 12.1. The smallest absolute Gasteiger partial charge is 0.258 e. The number of benzene rings is 1. The van der Waals surface area contributed by atoms with Crippen LogP contribution in [0, 0.1) is 10.1 Å². The van der Waals surface area contributed by atoms with Crippen LogP contribution < -0.4 is 0 Å². The molecule has 0 saturated carbocycles. The second-order valence-corrected chi connectivity index (χ2v) is 8.75. The van der Waals surface area contributed by atoms with Gasteiger partial charge in [0, 0.05) is 12.1 Å². The minimum atomic E-state index is -3.43. The van der Waals surface area contributed by atoms with Gasteiger partial charge in [0.1, 0.15) is 0 Å². The number of non-ortho nitro benzene ring substituents is 1. The summed E-state index contributed by atoms with van der Waals surface area (Å²) in [5.41, 5.74) is 0.475. The molecule has 8 heteroatoms. The van der Waals surface area contributed by atoms with Crippen LogP contribution in [0.15, 0.2) is 44.8 Å². The van der Waals surface area contributed by atoms with Gasteiger partial charge in [-0.3, -0.25) is 10.1 Å². The van der Waals surface area contributed by atoms with Crippen LogP contribution in [0.5, 0.6) is 0 Å². The van der Waals surface area contributed by atoms with Gasteiger partial charge < -0.3 is 0 Å². The highest BCUT2D eigenvalue weighted by Gasteiger charge is 2.36. The molecule has 0 saturated heterocycles. The molecule has 0 spiro atoms. The van der Waals surface area contributed by atoms with E-state index in [1.165, 1.54) is 23.9 Å². The lowest BCUT2D eigenvalue weighted by molar-refractivity contribution is -0.385. The molecule has 1 aromatic carbocycles. The van der Waals surface area contributed by atoms with E-state index >= 15 is 0 Å². The van der Waals surface area contributed by atoms with Gasteiger partial charge in [0.25, 0.3) is 5.69 Å². The number of thioether (sulfide) groups is 1. The minimum Gasteiger partial charge on any atom is -0.258 e. The SMILES string of the molecule is O=[N+]([O-])c1ccc2c(c1)S(=O)(=O)C[C@H]2Sc1cccs1. The van der Waals surface area contributed by atoms with E-state index in [1.807, 2.05) is 17.5 Å². The average Bonchev–Trinajstić information content (AvgIpc) is 2.97. The number of nitrogens with zero attached hydrogens (tertiary/aromatic N) is 1. The van der Waals surface area contributed by atoms with Crippen LogP contribution >= 0.6 is 23.1 Å². The molecule has 0 fully saturated rings. The lowest BCUT2D eigenvalue weighted by Gasteiger charge is -2.07. The first-order chi connectivity index (χ1) is 9.47. The largest absolute Gasteiger partial charge is 0.270 e. The molecule has 3 rings (SSSR count). The third-order valence-corrected chi connectivity index (χ3v) is 7.33. The zero-order valence-electron chi connectivity index (χ0n) is 10.1. The van der Waals surface area contributed by atoms with Crippen molar-refractivity contribution in [3.05, 3.63) is 51.4 Å². The first-order valence-electron chi connectivity index (χ1n) is 5.68. The van der Waals surface area contributed by atoms with Crippen LogP contribution in [-0.2, 0) is 9.84 Å². The van der Waals surface area contributed by atoms with Crippen molar-refractivity contribution in [2.45, 2.75) is 14.4 Å². The van der Waals surface area contributed by atoms with Gasteiger partial charge in [-0.15, -0.1) is 23.1 Å². The van der Waals surface area contributed by atoms with Gasteiger partial charge in [-0.25, -0.2) is 8.42 Å². The molecule has 1 aromatic heterocycles. The molecule has 104 valence electrons. The van der Waals surface area contributed by atoms with Crippen molar-refractivity contribution in [1.29, 1.82) is 0 Å². The Morgan fingerprint density at radius 3 is 2.80 bits per heavy atom. The van der Waals surface area contributed by atoms with Gasteiger partial charge in [0.2, 0.25) is 0 Å². The topological polar surface area (TPSA) is 77.3 Å². The van der Waals surface area contributed by atoms with Gasteiger partial charge in [0.05, 0.1) is 25.0 Å². The van der Waals surface area contributed by atoms with E-state index in [4.69, 9.17) is 0 Å². The predicted octanol–water partition coefficient (Wildman–Crippen LogP) is 3.28. The van der Waals surface area contributed by atoms with Gasteiger partial charge >= 0.3 is 0 Å². The number of hydrogen-bond acceptors (Lipinski definition) is 6. The summed E-state index contributed by atoms with van der Waals surface area (Å²) in [4.78, 5) is 10.3. The molecule has 5 nitrogen and oxygen atoms in total. The molecule has 0 radical (unpaired) electrons. The Morgan fingerprint density at radius 2 is 2.15 bits per heavy atom. The molecular formula is C12H9NO4S3. The summed E-state index contributed by atoms with van der Waals surface area (Å²) in [6.45, 7) is 0. The average molecular weight is 327 g/mol. The van der Waals surface area contributed by atoms with E-state index in [-0.39, 0.29) is 21.6 Å². The van der Waals surface area contributed by atoms with Crippen molar-refractivity contribution < 1.29 is 13.3 Å². The van der Waals surface area contributed by atoms with Crippen molar-refractivity contribution in [3.8, 4) is 0 Å². The molecule has 0 aliphatic carbocycles. The second kappa shape index (κ2) is 4.87. The Labute approximate surface area is 123 Å². The van der Waals surface area contributed by atoms with E-state index in [1.54, 1.807) is 17.4 Å². The highest BCUT2D eigenvalue weighted by atomic mass is 32.2. The zero-order valence-corrected chi connectivity index (χ0v) is 12.5. The Morgan fingerprint density at radius 1 is 1.35 bits per heavy atom. The number of nitro groups is 1. The maximum Gasteiger partial charge on any atom is 0.270 e. The third-order valence-electron chi connectivity index (χ3n) is 3.01. The maximum atomic E-state index is 12.1. The van der Waals surface area contributed by atoms with Crippen LogP contribution in [0.2, 0.25) is 0 Å². The fraction of sp³-hybridized carbons (Fsp3) is 0.167. The molecule has 0 unspecified atom stereocenters. The number of thiophene rings is 1. The van der Waals surface area contributed by atoms with Crippen LogP contribution in [0.3, 0.4) is 0 Å². The van der Waals surface area contributed by atoms with Gasteiger partial charge in [-0.05, 0) is 23.1 Å². The summed E-state index contributed by atoms with van der Waals surface area (Å²) in [6, 6.07) is 7.93. The van der Waals surface area contributed by atoms with Crippen LogP contribution in [0.1, 0.15) is 10.8 Å². The standard InChI is InChI=1S/C12H9NO4S3/c14-13(15)8-3-4-9-10(19-12-2-1-5-18-12)7-20(16,17)11(9)6-8/h1-6,10H,7H2/t10-/m1/s1. The van der Waals surface area contributed by atoms with Gasteiger partial charge in [-0.1, -0.05) is 6.07 Å². The third kappa shape index (κ3) is 2.34. The molecule has 0 bridgehead atoms. The highest BCUT2D eigenvalue weighted by molar-refractivity contribution is 8.03. The lowest BCUT2D eigenvalue weighted by Crippen LogP contribution is -2.01. The molecule has 2 heterocycles. The minimum absolute atomic E-state index is 0.00787. The van der Waals surface area contributed by atoms with Gasteiger partial charge in [-0.2, -0.15) is 0 Å². The lowest BCUT2D eigenvalue weighted by atomic mass is 10.1. The van der Waals surface area contributed by atoms with Crippen molar-refractivity contribution in [2.75, 3.05) is 5.75 Å².